The maximum absolute atomic E-state index is 4.45. The van der Waals surface area contributed by atoms with Gasteiger partial charge in [0.1, 0.15) is 0 Å². The first kappa shape index (κ1) is 20.0. The van der Waals surface area contributed by atoms with Gasteiger partial charge in [-0.1, -0.05) is 63.3 Å². The molecule has 0 amide bonds. The third-order valence-corrected chi connectivity index (χ3v) is 6.61. The zero-order chi connectivity index (χ0) is 19.2. The predicted octanol–water partition coefficient (Wildman–Crippen LogP) is 5.95. The zero-order valence-electron chi connectivity index (χ0n) is 17.3. The van der Waals surface area contributed by atoms with Crippen LogP contribution >= 0.6 is 0 Å². The largest absolute Gasteiger partial charge is 0.393 e. The fraction of sp³-hybridized carbons (Fsp3) is 0.520. The molecule has 3 rings (SSSR count). The normalized spacial score (nSPS) is 19.2. The first-order valence-electron chi connectivity index (χ1n) is 11.0. The number of fused-ring (bicyclic) bond motifs is 1. The smallest absolute Gasteiger partial charge is 0.153 e. The van der Waals surface area contributed by atoms with Crippen LogP contribution in [0, 0.1) is 5.92 Å². The summed E-state index contributed by atoms with van der Waals surface area (Å²) in [6, 6.07) is 6.80. The van der Waals surface area contributed by atoms with E-state index in [4.69, 9.17) is 0 Å². The van der Waals surface area contributed by atoms with E-state index in [0.717, 1.165) is 37.2 Å². The molecule has 1 heterocycles. The summed E-state index contributed by atoms with van der Waals surface area (Å²) in [5, 5.41) is 3.60. The van der Waals surface area contributed by atoms with Crippen LogP contribution in [0.3, 0.4) is 0 Å². The molecule has 1 aromatic carbocycles. The van der Waals surface area contributed by atoms with Crippen LogP contribution in [0.4, 0.5) is 0 Å². The Morgan fingerprint density at radius 1 is 1.15 bits per heavy atom. The standard InChI is InChI=1S/C25H36BN/c1-5-20(4)27-25-16-22-14-9-15-23(24(22)17-26-25)19(3)11-8-10-18(2)21-12-6-7-13-21/h9,14-15,21,25-27H,2-8,10-13,16-17H2,1H3. The van der Waals surface area contributed by atoms with Crippen molar-refractivity contribution >= 4 is 12.9 Å². The molecule has 1 unspecified atom stereocenters. The summed E-state index contributed by atoms with van der Waals surface area (Å²) in [4.78, 5) is 0. The first-order valence-corrected chi connectivity index (χ1v) is 11.0. The molecule has 144 valence electrons. The van der Waals surface area contributed by atoms with Crippen LogP contribution in [-0.4, -0.2) is 13.2 Å². The van der Waals surface area contributed by atoms with Crippen molar-refractivity contribution in [1.29, 1.82) is 0 Å². The van der Waals surface area contributed by atoms with Crippen LogP contribution in [0.1, 0.15) is 75.0 Å². The lowest BCUT2D eigenvalue weighted by molar-refractivity contribution is 0.604. The quantitative estimate of drug-likeness (QED) is 0.423. The van der Waals surface area contributed by atoms with Gasteiger partial charge in [0, 0.05) is 11.6 Å². The van der Waals surface area contributed by atoms with Crippen LogP contribution in [0.15, 0.2) is 49.2 Å². The van der Waals surface area contributed by atoms with Crippen LogP contribution in [0.5, 0.6) is 0 Å². The van der Waals surface area contributed by atoms with Gasteiger partial charge in [-0.25, -0.2) is 0 Å². The zero-order valence-corrected chi connectivity index (χ0v) is 17.3. The number of allylic oxidation sites excluding steroid dienone is 3. The van der Waals surface area contributed by atoms with E-state index < -0.39 is 0 Å². The van der Waals surface area contributed by atoms with Gasteiger partial charge in [-0.05, 0) is 79.4 Å². The molecule has 2 heteroatoms. The van der Waals surface area contributed by atoms with Crippen LogP contribution in [-0.2, 0) is 12.7 Å². The summed E-state index contributed by atoms with van der Waals surface area (Å²) in [6.45, 7) is 15.1. The minimum atomic E-state index is 0.531. The molecule has 27 heavy (non-hydrogen) atoms. The molecule has 2 aliphatic rings. The Bertz CT molecular complexity index is 696. The number of hydrogen-bond acceptors (Lipinski definition) is 1. The highest BCUT2D eigenvalue weighted by atomic mass is 14.9. The Morgan fingerprint density at radius 2 is 1.93 bits per heavy atom. The van der Waals surface area contributed by atoms with E-state index in [9.17, 15) is 0 Å². The summed E-state index contributed by atoms with van der Waals surface area (Å²) >= 11 is 0. The van der Waals surface area contributed by atoms with Crippen molar-refractivity contribution in [2.24, 2.45) is 5.92 Å². The summed E-state index contributed by atoms with van der Waals surface area (Å²) in [5.74, 6) is 1.33. The van der Waals surface area contributed by atoms with Gasteiger partial charge in [0.25, 0.3) is 0 Å². The molecular weight excluding hydrogens is 325 g/mol. The van der Waals surface area contributed by atoms with E-state index in [0.29, 0.717) is 5.94 Å². The number of nitrogens with one attached hydrogen (secondary N) is 1. The summed E-state index contributed by atoms with van der Waals surface area (Å²) in [7, 11) is 1.19. The average Bonchev–Trinajstić information content (AvgIpc) is 3.22. The SMILES string of the molecule is C=C(CC)NC1BCc2c(cccc2C(=C)CCCC(=C)C2CCCC2)C1. The molecule has 0 saturated heterocycles. The van der Waals surface area contributed by atoms with Crippen molar-refractivity contribution in [1.82, 2.24) is 5.32 Å². The van der Waals surface area contributed by atoms with Crippen molar-refractivity contribution in [2.45, 2.75) is 77.0 Å². The lowest BCUT2D eigenvalue weighted by Gasteiger charge is -2.28. The molecular formula is C25H36BN. The number of benzene rings is 1. The second-order valence-electron chi connectivity index (χ2n) is 8.58. The Morgan fingerprint density at radius 3 is 2.67 bits per heavy atom. The second-order valence-corrected chi connectivity index (χ2v) is 8.58. The minimum Gasteiger partial charge on any atom is -0.393 e. The predicted molar refractivity (Wildman–Crippen MR) is 121 cm³/mol. The topological polar surface area (TPSA) is 12.0 Å². The second kappa shape index (κ2) is 9.49. The van der Waals surface area contributed by atoms with Crippen molar-refractivity contribution in [3.63, 3.8) is 0 Å². The van der Waals surface area contributed by atoms with E-state index in [2.05, 4.69) is 50.2 Å². The van der Waals surface area contributed by atoms with E-state index in [-0.39, 0.29) is 0 Å². The Labute approximate surface area is 167 Å². The maximum atomic E-state index is 4.45. The maximum Gasteiger partial charge on any atom is 0.153 e. The van der Waals surface area contributed by atoms with Crippen LogP contribution in [0.2, 0.25) is 0 Å². The van der Waals surface area contributed by atoms with Gasteiger partial charge in [-0.2, -0.15) is 0 Å². The van der Waals surface area contributed by atoms with Crippen molar-refractivity contribution in [3.05, 3.63) is 65.9 Å². The Hall–Kier alpha value is -1.70. The molecule has 1 nitrogen and oxygen atoms in total. The van der Waals surface area contributed by atoms with Crippen molar-refractivity contribution < 1.29 is 0 Å². The molecule has 0 bridgehead atoms. The van der Waals surface area contributed by atoms with Gasteiger partial charge in [0.05, 0.1) is 0 Å². The van der Waals surface area contributed by atoms with E-state index in [1.165, 1.54) is 73.6 Å². The van der Waals surface area contributed by atoms with Crippen molar-refractivity contribution in [2.75, 3.05) is 0 Å². The highest BCUT2D eigenvalue weighted by molar-refractivity contribution is 6.38. The van der Waals surface area contributed by atoms with Gasteiger partial charge in [0.2, 0.25) is 0 Å². The third kappa shape index (κ3) is 5.18. The van der Waals surface area contributed by atoms with Gasteiger partial charge < -0.3 is 5.32 Å². The molecule has 1 atom stereocenters. The highest BCUT2D eigenvalue weighted by Crippen LogP contribution is 2.34. The van der Waals surface area contributed by atoms with Crippen LogP contribution in [0.25, 0.3) is 5.57 Å². The minimum absolute atomic E-state index is 0.531. The highest BCUT2D eigenvalue weighted by Gasteiger charge is 2.22. The Kier molecular flexibility index (Phi) is 7.04. The number of hydrogen-bond donors (Lipinski definition) is 1. The first-order chi connectivity index (χ1) is 13.1. The van der Waals surface area contributed by atoms with Gasteiger partial charge in [-0.15, -0.1) is 0 Å². The van der Waals surface area contributed by atoms with E-state index >= 15 is 0 Å². The molecule has 1 fully saturated rings. The van der Waals surface area contributed by atoms with Gasteiger partial charge in [0.15, 0.2) is 7.28 Å². The van der Waals surface area contributed by atoms with Gasteiger partial charge in [-0.3, -0.25) is 0 Å². The molecule has 1 saturated carbocycles. The fourth-order valence-electron chi connectivity index (χ4n) is 4.85. The third-order valence-electron chi connectivity index (χ3n) is 6.61. The molecule has 0 aromatic heterocycles. The lowest BCUT2D eigenvalue weighted by Crippen LogP contribution is -2.40. The fourth-order valence-corrected chi connectivity index (χ4v) is 4.85. The van der Waals surface area contributed by atoms with Gasteiger partial charge >= 0.3 is 0 Å². The average molecular weight is 361 g/mol. The monoisotopic (exact) mass is 361 g/mol. The Balaban J connectivity index is 1.56. The molecule has 1 aliphatic carbocycles. The summed E-state index contributed by atoms with van der Waals surface area (Å²) in [5.41, 5.74) is 8.41. The van der Waals surface area contributed by atoms with E-state index in [1.54, 1.807) is 0 Å². The lowest BCUT2D eigenvalue weighted by atomic mass is 9.57. The molecule has 1 aromatic rings. The van der Waals surface area contributed by atoms with Crippen molar-refractivity contribution in [3.8, 4) is 0 Å². The van der Waals surface area contributed by atoms with Crippen LogP contribution < -0.4 is 5.32 Å². The summed E-state index contributed by atoms with van der Waals surface area (Å²) < 4.78 is 0. The molecule has 1 aliphatic heterocycles. The molecule has 1 N–H and O–H groups in total. The number of rotatable bonds is 9. The molecule has 0 spiro atoms. The summed E-state index contributed by atoms with van der Waals surface area (Å²) in [6.07, 6.45) is 12.2. The molecule has 0 radical (unpaired) electrons. The van der Waals surface area contributed by atoms with E-state index in [1.807, 2.05) is 0 Å².